The average molecular weight is 332 g/mol. The lowest BCUT2D eigenvalue weighted by Crippen LogP contribution is -2.35. The summed E-state index contributed by atoms with van der Waals surface area (Å²) >= 11 is 0. The number of nitrogens with one attached hydrogen (secondary N) is 1. The molecule has 0 radical (unpaired) electrons. The summed E-state index contributed by atoms with van der Waals surface area (Å²) in [7, 11) is 1.60. The Hall–Kier alpha value is -2.12. The van der Waals surface area contributed by atoms with E-state index in [-0.39, 0.29) is 6.61 Å². The second-order valence-corrected chi connectivity index (χ2v) is 6.02. The van der Waals surface area contributed by atoms with Crippen LogP contribution in [0.25, 0.3) is 0 Å². The fourth-order valence-corrected chi connectivity index (χ4v) is 2.98. The minimum atomic E-state index is 0.286. The van der Waals surface area contributed by atoms with Gasteiger partial charge in [0.1, 0.15) is 6.61 Å². The van der Waals surface area contributed by atoms with E-state index >= 15 is 0 Å². The van der Waals surface area contributed by atoms with Gasteiger partial charge in [0, 0.05) is 26.8 Å². The van der Waals surface area contributed by atoms with E-state index in [0.717, 1.165) is 31.6 Å². The van der Waals surface area contributed by atoms with Crippen LogP contribution < -0.4 is 10.2 Å². The zero-order valence-corrected chi connectivity index (χ0v) is 13.9. The SMILES string of the molecule is COCc1noc(CNc2ccccc2N2CCC(CO)CC2)n1. The molecule has 24 heavy (non-hydrogen) atoms. The number of benzene rings is 1. The number of nitrogens with zero attached hydrogens (tertiary/aromatic N) is 3. The topological polar surface area (TPSA) is 83.7 Å². The number of hydrogen-bond donors (Lipinski definition) is 2. The fourth-order valence-electron chi connectivity index (χ4n) is 2.98. The summed E-state index contributed by atoms with van der Waals surface area (Å²) in [5, 5.41) is 16.5. The van der Waals surface area contributed by atoms with Crippen molar-refractivity contribution in [1.29, 1.82) is 0 Å². The van der Waals surface area contributed by atoms with Crippen molar-refractivity contribution in [2.24, 2.45) is 5.92 Å². The smallest absolute Gasteiger partial charge is 0.246 e. The number of aromatic nitrogens is 2. The first-order chi connectivity index (χ1) is 11.8. The lowest BCUT2D eigenvalue weighted by Gasteiger charge is -2.34. The zero-order chi connectivity index (χ0) is 16.8. The summed E-state index contributed by atoms with van der Waals surface area (Å²) in [4.78, 5) is 6.63. The van der Waals surface area contributed by atoms with Crippen LogP contribution in [0.1, 0.15) is 24.6 Å². The van der Waals surface area contributed by atoms with E-state index in [1.54, 1.807) is 7.11 Å². The molecule has 0 spiro atoms. The molecule has 2 aromatic rings. The molecule has 1 aliphatic heterocycles. The van der Waals surface area contributed by atoms with Gasteiger partial charge >= 0.3 is 0 Å². The number of para-hydroxylation sites is 2. The first-order valence-electron chi connectivity index (χ1n) is 8.29. The highest BCUT2D eigenvalue weighted by molar-refractivity contribution is 5.70. The molecule has 7 heteroatoms. The van der Waals surface area contributed by atoms with Gasteiger partial charge in [-0.05, 0) is 30.9 Å². The number of methoxy groups -OCH3 is 1. The fraction of sp³-hybridized carbons (Fsp3) is 0.529. The second-order valence-electron chi connectivity index (χ2n) is 6.02. The van der Waals surface area contributed by atoms with Crippen LogP contribution in [-0.4, -0.2) is 42.1 Å². The molecule has 0 unspecified atom stereocenters. The Morgan fingerprint density at radius 2 is 2.12 bits per heavy atom. The van der Waals surface area contributed by atoms with Crippen molar-refractivity contribution in [3.8, 4) is 0 Å². The maximum Gasteiger partial charge on any atom is 0.246 e. The van der Waals surface area contributed by atoms with Crippen LogP contribution in [0.4, 0.5) is 11.4 Å². The standard InChI is InChI=1S/C17H24N4O3/c1-23-12-16-19-17(24-20-16)10-18-14-4-2-3-5-15(14)21-8-6-13(11-22)7-9-21/h2-5,13,18,22H,6-12H2,1H3. The number of piperidine rings is 1. The van der Waals surface area contributed by atoms with Gasteiger partial charge in [-0.15, -0.1) is 0 Å². The first kappa shape index (κ1) is 16.7. The summed E-state index contributed by atoms with van der Waals surface area (Å²) in [6, 6.07) is 8.23. The molecule has 1 aliphatic rings. The third-order valence-electron chi connectivity index (χ3n) is 4.33. The van der Waals surface area contributed by atoms with E-state index in [1.165, 1.54) is 5.69 Å². The van der Waals surface area contributed by atoms with Crippen LogP contribution in [0.5, 0.6) is 0 Å². The van der Waals surface area contributed by atoms with E-state index in [1.807, 2.05) is 12.1 Å². The summed E-state index contributed by atoms with van der Waals surface area (Å²) in [5.41, 5.74) is 2.22. The molecular weight excluding hydrogens is 308 g/mol. The molecule has 0 saturated carbocycles. The van der Waals surface area contributed by atoms with Crippen molar-refractivity contribution in [3.63, 3.8) is 0 Å². The molecule has 1 fully saturated rings. The molecule has 130 valence electrons. The second kappa shape index (κ2) is 8.12. The lowest BCUT2D eigenvalue weighted by molar-refractivity contribution is 0.174. The largest absolute Gasteiger partial charge is 0.396 e. The third-order valence-corrected chi connectivity index (χ3v) is 4.33. The Bertz CT molecular complexity index is 638. The predicted octanol–water partition coefficient (Wildman–Crippen LogP) is 2.04. The monoisotopic (exact) mass is 332 g/mol. The van der Waals surface area contributed by atoms with Crippen molar-refractivity contribution >= 4 is 11.4 Å². The highest BCUT2D eigenvalue weighted by Crippen LogP contribution is 2.29. The van der Waals surface area contributed by atoms with E-state index in [4.69, 9.17) is 9.26 Å². The Kier molecular flexibility index (Phi) is 5.66. The molecule has 1 aromatic heterocycles. The van der Waals surface area contributed by atoms with Crippen molar-refractivity contribution in [3.05, 3.63) is 36.0 Å². The van der Waals surface area contributed by atoms with Gasteiger partial charge in [0.15, 0.2) is 5.82 Å². The highest BCUT2D eigenvalue weighted by atomic mass is 16.5. The predicted molar refractivity (Wildman–Crippen MR) is 90.8 cm³/mol. The van der Waals surface area contributed by atoms with Gasteiger partial charge in [-0.1, -0.05) is 17.3 Å². The summed E-state index contributed by atoms with van der Waals surface area (Å²) in [5.74, 6) is 1.52. The molecule has 7 nitrogen and oxygen atoms in total. The average Bonchev–Trinajstić information content (AvgIpc) is 3.08. The van der Waals surface area contributed by atoms with Gasteiger partial charge < -0.3 is 24.6 Å². The molecule has 2 N–H and O–H groups in total. The third kappa shape index (κ3) is 4.04. The van der Waals surface area contributed by atoms with Crippen LogP contribution in [0.15, 0.2) is 28.8 Å². The van der Waals surface area contributed by atoms with Crippen LogP contribution in [0.3, 0.4) is 0 Å². The summed E-state index contributed by atoms with van der Waals surface area (Å²) < 4.78 is 10.2. The molecule has 2 heterocycles. The number of ether oxygens (including phenoxy) is 1. The molecule has 1 saturated heterocycles. The van der Waals surface area contributed by atoms with Crippen LogP contribution in [-0.2, 0) is 17.9 Å². The minimum absolute atomic E-state index is 0.286. The number of aliphatic hydroxyl groups is 1. The lowest BCUT2D eigenvalue weighted by atomic mass is 9.97. The molecule has 0 atom stereocenters. The molecule has 0 aliphatic carbocycles. The van der Waals surface area contributed by atoms with Gasteiger partial charge in [-0.25, -0.2) is 0 Å². The van der Waals surface area contributed by atoms with E-state index < -0.39 is 0 Å². The van der Waals surface area contributed by atoms with Gasteiger partial charge in [0.25, 0.3) is 0 Å². The van der Waals surface area contributed by atoms with E-state index in [2.05, 4.69) is 32.5 Å². The Morgan fingerprint density at radius 3 is 2.88 bits per heavy atom. The molecule has 0 amide bonds. The number of anilines is 2. The van der Waals surface area contributed by atoms with Crippen LogP contribution in [0.2, 0.25) is 0 Å². The van der Waals surface area contributed by atoms with Crippen molar-refractivity contribution in [2.75, 3.05) is 37.0 Å². The Morgan fingerprint density at radius 1 is 1.33 bits per heavy atom. The van der Waals surface area contributed by atoms with Crippen molar-refractivity contribution in [1.82, 2.24) is 10.1 Å². The molecule has 0 bridgehead atoms. The number of aliphatic hydroxyl groups excluding tert-OH is 1. The Labute approximate surface area is 141 Å². The number of rotatable bonds is 7. The molecule has 3 rings (SSSR count). The zero-order valence-electron chi connectivity index (χ0n) is 13.9. The first-order valence-corrected chi connectivity index (χ1v) is 8.29. The summed E-state index contributed by atoms with van der Waals surface area (Å²) in [6.07, 6.45) is 2.05. The highest BCUT2D eigenvalue weighted by Gasteiger charge is 2.20. The quantitative estimate of drug-likeness (QED) is 0.802. The van der Waals surface area contributed by atoms with Gasteiger partial charge in [-0.3, -0.25) is 0 Å². The normalized spacial score (nSPS) is 15.7. The van der Waals surface area contributed by atoms with Crippen molar-refractivity contribution in [2.45, 2.75) is 26.0 Å². The van der Waals surface area contributed by atoms with Gasteiger partial charge in [-0.2, -0.15) is 4.98 Å². The number of hydrogen-bond acceptors (Lipinski definition) is 7. The van der Waals surface area contributed by atoms with Gasteiger partial charge in [0.2, 0.25) is 5.89 Å². The Balaban J connectivity index is 1.63. The van der Waals surface area contributed by atoms with E-state index in [9.17, 15) is 5.11 Å². The maximum absolute atomic E-state index is 9.29. The summed E-state index contributed by atoms with van der Waals surface area (Å²) in [6.45, 7) is 3.03. The van der Waals surface area contributed by atoms with E-state index in [0.29, 0.717) is 30.8 Å². The van der Waals surface area contributed by atoms with Crippen LogP contribution >= 0.6 is 0 Å². The van der Waals surface area contributed by atoms with Crippen LogP contribution in [0, 0.1) is 5.92 Å². The molecular formula is C17H24N4O3. The maximum atomic E-state index is 9.29. The minimum Gasteiger partial charge on any atom is -0.396 e. The van der Waals surface area contributed by atoms with Gasteiger partial charge in [0.05, 0.1) is 17.9 Å². The molecule has 1 aromatic carbocycles. The van der Waals surface area contributed by atoms with Crippen molar-refractivity contribution < 1.29 is 14.4 Å².